The highest BCUT2D eigenvalue weighted by molar-refractivity contribution is 5.27. The maximum atomic E-state index is 5.58. The molecule has 19 heavy (non-hydrogen) atoms. The lowest BCUT2D eigenvalue weighted by molar-refractivity contribution is 0.229. The van der Waals surface area contributed by atoms with Crippen molar-refractivity contribution in [1.82, 2.24) is 9.97 Å². The summed E-state index contributed by atoms with van der Waals surface area (Å²) in [5.41, 5.74) is 0.385. The van der Waals surface area contributed by atoms with E-state index in [0.717, 1.165) is 6.54 Å². The molecule has 1 aromatic heterocycles. The van der Waals surface area contributed by atoms with E-state index in [4.69, 9.17) is 4.74 Å². The van der Waals surface area contributed by atoms with Crippen LogP contribution in [0.25, 0.3) is 0 Å². The van der Waals surface area contributed by atoms with Gasteiger partial charge in [0.2, 0.25) is 11.8 Å². The predicted octanol–water partition coefficient (Wildman–Crippen LogP) is 3.65. The Morgan fingerprint density at radius 3 is 2.74 bits per heavy atom. The minimum atomic E-state index is 0.138. The zero-order valence-corrected chi connectivity index (χ0v) is 12.3. The summed E-state index contributed by atoms with van der Waals surface area (Å²) < 4.78 is 5.58. The molecule has 1 fully saturated rings. The maximum Gasteiger partial charge on any atom is 0.225 e. The molecule has 0 atom stereocenters. The van der Waals surface area contributed by atoms with Gasteiger partial charge in [-0.15, -0.1) is 0 Å². The lowest BCUT2D eigenvalue weighted by Crippen LogP contribution is -2.29. The molecule has 0 saturated heterocycles. The molecule has 1 aliphatic rings. The van der Waals surface area contributed by atoms with Crippen LogP contribution in [-0.4, -0.2) is 22.6 Å². The van der Waals surface area contributed by atoms with Crippen LogP contribution in [0.15, 0.2) is 12.3 Å². The number of anilines is 1. The van der Waals surface area contributed by atoms with Crippen molar-refractivity contribution in [3.8, 4) is 5.88 Å². The molecule has 2 rings (SSSR count). The highest BCUT2D eigenvalue weighted by Gasteiger charge is 2.26. The molecule has 4 heteroatoms. The third-order valence-electron chi connectivity index (χ3n) is 3.72. The normalized spacial score (nSPS) is 18.3. The van der Waals surface area contributed by atoms with E-state index in [1.807, 2.05) is 13.8 Å². The quantitative estimate of drug-likeness (QED) is 0.881. The molecule has 0 radical (unpaired) electrons. The highest BCUT2D eigenvalue weighted by Crippen LogP contribution is 2.35. The van der Waals surface area contributed by atoms with Crippen molar-refractivity contribution >= 4 is 5.95 Å². The molecular formula is C15H25N3O. The Morgan fingerprint density at radius 1 is 1.32 bits per heavy atom. The van der Waals surface area contributed by atoms with Gasteiger partial charge in [-0.3, -0.25) is 0 Å². The Morgan fingerprint density at radius 2 is 2.05 bits per heavy atom. The fraction of sp³-hybridized carbons (Fsp3) is 0.733. The van der Waals surface area contributed by atoms with E-state index >= 15 is 0 Å². The van der Waals surface area contributed by atoms with Crippen molar-refractivity contribution in [2.75, 3.05) is 11.9 Å². The van der Waals surface area contributed by atoms with Gasteiger partial charge in [0.05, 0.1) is 6.10 Å². The first kappa shape index (κ1) is 14.1. The molecule has 0 bridgehead atoms. The second kappa shape index (κ2) is 6.22. The lowest BCUT2D eigenvalue weighted by atomic mass is 9.76. The molecule has 1 aromatic rings. The van der Waals surface area contributed by atoms with E-state index in [1.165, 1.54) is 32.1 Å². The van der Waals surface area contributed by atoms with Gasteiger partial charge in [-0.1, -0.05) is 26.2 Å². The molecule has 1 heterocycles. The SMILES string of the molecule is CC(C)Oc1ccnc(NCC2(C)CCCCC2)n1. The second-order valence-corrected chi connectivity index (χ2v) is 6.11. The Balaban J connectivity index is 1.91. The lowest BCUT2D eigenvalue weighted by Gasteiger charge is -2.33. The molecule has 0 spiro atoms. The Hall–Kier alpha value is -1.32. The van der Waals surface area contributed by atoms with Crippen LogP contribution in [-0.2, 0) is 0 Å². The summed E-state index contributed by atoms with van der Waals surface area (Å²) in [5, 5.41) is 3.37. The van der Waals surface area contributed by atoms with E-state index in [1.54, 1.807) is 12.3 Å². The van der Waals surface area contributed by atoms with Gasteiger partial charge >= 0.3 is 0 Å². The number of hydrogen-bond donors (Lipinski definition) is 1. The molecule has 1 saturated carbocycles. The Labute approximate surface area is 116 Å². The van der Waals surface area contributed by atoms with Crippen LogP contribution >= 0.6 is 0 Å². The number of aromatic nitrogens is 2. The fourth-order valence-corrected chi connectivity index (χ4v) is 2.61. The number of nitrogens with zero attached hydrogens (tertiary/aromatic N) is 2. The fourth-order valence-electron chi connectivity index (χ4n) is 2.61. The van der Waals surface area contributed by atoms with Crippen LogP contribution in [0, 0.1) is 5.41 Å². The summed E-state index contributed by atoms with van der Waals surface area (Å²) in [7, 11) is 0. The minimum Gasteiger partial charge on any atom is -0.475 e. The third kappa shape index (κ3) is 4.37. The van der Waals surface area contributed by atoms with Gasteiger partial charge in [-0.25, -0.2) is 4.98 Å². The molecule has 106 valence electrons. The van der Waals surface area contributed by atoms with Crippen molar-refractivity contribution in [2.24, 2.45) is 5.41 Å². The van der Waals surface area contributed by atoms with E-state index in [0.29, 0.717) is 17.2 Å². The summed E-state index contributed by atoms with van der Waals surface area (Å²) in [5.74, 6) is 1.31. The summed E-state index contributed by atoms with van der Waals surface area (Å²) in [6.07, 6.45) is 8.54. The molecule has 0 aromatic carbocycles. The van der Waals surface area contributed by atoms with Gasteiger partial charge < -0.3 is 10.1 Å². The van der Waals surface area contributed by atoms with Gasteiger partial charge in [0.1, 0.15) is 0 Å². The van der Waals surface area contributed by atoms with E-state index in [2.05, 4.69) is 22.2 Å². The molecule has 4 nitrogen and oxygen atoms in total. The highest BCUT2D eigenvalue weighted by atomic mass is 16.5. The topological polar surface area (TPSA) is 47.0 Å². The van der Waals surface area contributed by atoms with Crippen molar-refractivity contribution in [2.45, 2.75) is 59.0 Å². The second-order valence-electron chi connectivity index (χ2n) is 6.11. The van der Waals surface area contributed by atoms with Crippen molar-refractivity contribution < 1.29 is 4.74 Å². The summed E-state index contributed by atoms with van der Waals surface area (Å²) >= 11 is 0. The zero-order chi connectivity index (χ0) is 13.7. The maximum absolute atomic E-state index is 5.58. The standard InChI is InChI=1S/C15H25N3O/c1-12(2)19-13-7-10-16-14(18-13)17-11-15(3)8-5-4-6-9-15/h7,10,12H,4-6,8-9,11H2,1-3H3,(H,16,17,18). The Kier molecular flexibility index (Phi) is 4.61. The van der Waals surface area contributed by atoms with Crippen LogP contribution in [0.1, 0.15) is 52.9 Å². The number of rotatable bonds is 5. The largest absolute Gasteiger partial charge is 0.475 e. The van der Waals surface area contributed by atoms with Crippen LogP contribution < -0.4 is 10.1 Å². The molecular weight excluding hydrogens is 238 g/mol. The average Bonchev–Trinajstić information content (AvgIpc) is 2.37. The number of nitrogens with one attached hydrogen (secondary N) is 1. The molecule has 1 N–H and O–H groups in total. The zero-order valence-electron chi connectivity index (χ0n) is 12.3. The van der Waals surface area contributed by atoms with Crippen molar-refractivity contribution in [1.29, 1.82) is 0 Å². The Bertz CT molecular complexity index is 400. The average molecular weight is 263 g/mol. The van der Waals surface area contributed by atoms with Crippen LogP contribution in [0.4, 0.5) is 5.95 Å². The number of hydrogen-bond acceptors (Lipinski definition) is 4. The molecule has 0 aliphatic heterocycles. The monoisotopic (exact) mass is 263 g/mol. The van der Waals surface area contributed by atoms with E-state index < -0.39 is 0 Å². The smallest absolute Gasteiger partial charge is 0.225 e. The molecule has 0 unspecified atom stereocenters. The van der Waals surface area contributed by atoms with Gasteiger partial charge in [0, 0.05) is 18.8 Å². The number of ether oxygens (including phenoxy) is 1. The predicted molar refractivity (Wildman–Crippen MR) is 77.5 cm³/mol. The van der Waals surface area contributed by atoms with Crippen LogP contribution in [0.2, 0.25) is 0 Å². The van der Waals surface area contributed by atoms with E-state index in [9.17, 15) is 0 Å². The first-order chi connectivity index (χ1) is 9.07. The van der Waals surface area contributed by atoms with Crippen molar-refractivity contribution in [3.05, 3.63) is 12.3 Å². The third-order valence-corrected chi connectivity index (χ3v) is 3.72. The van der Waals surface area contributed by atoms with Gasteiger partial charge in [0.25, 0.3) is 0 Å². The van der Waals surface area contributed by atoms with Crippen molar-refractivity contribution in [3.63, 3.8) is 0 Å². The van der Waals surface area contributed by atoms with Gasteiger partial charge in [-0.2, -0.15) is 4.98 Å². The molecule has 1 aliphatic carbocycles. The summed E-state index contributed by atoms with van der Waals surface area (Å²) in [6, 6.07) is 1.80. The summed E-state index contributed by atoms with van der Waals surface area (Å²) in [6.45, 7) is 7.29. The minimum absolute atomic E-state index is 0.138. The van der Waals surface area contributed by atoms with Crippen LogP contribution in [0.5, 0.6) is 5.88 Å². The molecule has 0 amide bonds. The van der Waals surface area contributed by atoms with E-state index in [-0.39, 0.29) is 6.10 Å². The van der Waals surface area contributed by atoms with Gasteiger partial charge in [0.15, 0.2) is 0 Å². The summed E-state index contributed by atoms with van der Waals surface area (Å²) in [4.78, 5) is 8.64. The van der Waals surface area contributed by atoms with Crippen LogP contribution in [0.3, 0.4) is 0 Å². The first-order valence-corrected chi connectivity index (χ1v) is 7.31. The van der Waals surface area contributed by atoms with Gasteiger partial charge in [-0.05, 0) is 32.1 Å². The first-order valence-electron chi connectivity index (χ1n) is 7.31.